The molecule has 1 aliphatic carbocycles. The number of ether oxygens (including phenoxy) is 1. The van der Waals surface area contributed by atoms with E-state index in [1.807, 2.05) is 0 Å². The average Bonchev–Trinajstić information content (AvgIpc) is 2.95. The lowest BCUT2D eigenvalue weighted by molar-refractivity contribution is 0.0595. The first-order valence-corrected chi connectivity index (χ1v) is 4.77. The molecule has 0 amide bonds. The molecule has 3 nitrogen and oxygen atoms in total. The van der Waals surface area contributed by atoms with Gasteiger partial charge in [-0.2, -0.15) is 0 Å². The predicted molar refractivity (Wildman–Crippen MR) is 53.1 cm³/mol. The van der Waals surface area contributed by atoms with E-state index in [2.05, 4.69) is 4.74 Å². The Labute approximate surface area is 87.0 Å². The molecule has 0 spiro atoms. The number of hydrogen-bond donors (Lipinski definition) is 1. The van der Waals surface area contributed by atoms with Crippen molar-refractivity contribution in [1.82, 2.24) is 0 Å². The topological polar surface area (TPSA) is 52.3 Å². The lowest BCUT2D eigenvalue weighted by Gasteiger charge is -2.04. The van der Waals surface area contributed by atoms with Crippen LogP contribution in [0.1, 0.15) is 28.3 Å². The number of esters is 1. The standard InChI is InChI=1S/C11H12FNO2/c1-15-11(14)8-4-6(2-3-9(8)12)7-5-10(7)13/h2-4,7,10H,5,13H2,1H3/t7-,10+/m0/s1. The van der Waals surface area contributed by atoms with E-state index in [4.69, 9.17) is 5.73 Å². The Morgan fingerprint density at radius 3 is 2.80 bits per heavy atom. The Hall–Kier alpha value is -1.42. The lowest BCUT2D eigenvalue weighted by Crippen LogP contribution is -2.06. The van der Waals surface area contributed by atoms with Crippen molar-refractivity contribution >= 4 is 5.97 Å². The van der Waals surface area contributed by atoms with E-state index in [-0.39, 0.29) is 17.5 Å². The summed E-state index contributed by atoms with van der Waals surface area (Å²) in [5, 5.41) is 0. The van der Waals surface area contributed by atoms with Gasteiger partial charge in [0.2, 0.25) is 0 Å². The number of hydrogen-bond acceptors (Lipinski definition) is 3. The van der Waals surface area contributed by atoms with E-state index in [1.165, 1.54) is 19.2 Å². The van der Waals surface area contributed by atoms with Crippen molar-refractivity contribution in [1.29, 1.82) is 0 Å². The third-order valence-electron chi connectivity index (χ3n) is 2.66. The van der Waals surface area contributed by atoms with Gasteiger partial charge in [-0.15, -0.1) is 0 Å². The zero-order valence-electron chi connectivity index (χ0n) is 8.37. The molecule has 0 heterocycles. The minimum Gasteiger partial charge on any atom is -0.465 e. The van der Waals surface area contributed by atoms with E-state index >= 15 is 0 Å². The average molecular weight is 209 g/mol. The second kappa shape index (κ2) is 3.62. The highest BCUT2D eigenvalue weighted by Gasteiger charge is 2.35. The fraction of sp³-hybridized carbons (Fsp3) is 0.364. The first kappa shape index (κ1) is 10.1. The van der Waals surface area contributed by atoms with Crippen LogP contribution in [0.15, 0.2) is 18.2 Å². The molecule has 1 aliphatic rings. The summed E-state index contributed by atoms with van der Waals surface area (Å²) in [6.45, 7) is 0. The maximum absolute atomic E-state index is 13.3. The zero-order valence-corrected chi connectivity index (χ0v) is 8.37. The number of nitrogens with two attached hydrogens (primary N) is 1. The highest BCUT2D eigenvalue weighted by molar-refractivity contribution is 5.89. The van der Waals surface area contributed by atoms with Gasteiger partial charge in [-0.05, 0) is 24.1 Å². The van der Waals surface area contributed by atoms with Crippen molar-refractivity contribution in [2.24, 2.45) is 5.73 Å². The Morgan fingerprint density at radius 1 is 1.60 bits per heavy atom. The summed E-state index contributed by atoms with van der Waals surface area (Å²) in [6.07, 6.45) is 0.895. The molecule has 2 N–H and O–H groups in total. The van der Waals surface area contributed by atoms with Crippen molar-refractivity contribution in [3.05, 3.63) is 35.1 Å². The normalized spacial score (nSPS) is 23.7. The molecule has 0 radical (unpaired) electrons. The molecular formula is C11H12FNO2. The molecular weight excluding hydrogens is 197 g/mol. The van der Waals surface area contributed by atoms with Crippen LogP contribution < -0.4 is 5.73 Å². The minimum atomic E-state index is -0.649. The van der Waals surface area contributed by atoms with Gasteiger partial charge in [0.25, 0.3) is 0 Å². The monoisotopic (exact) mass is 209 g/mol. The van der Waals surface area contributed by atoms with Gasteiger partial charge in [0, 0.05) is 12.0 Å². The molecule has 0 aliphatic heterocycles. The highest BCUT2D eigenvalue weighted by atomic mass is 19.1. The molecule has 0 bridgehead atoms. The summed E-state index contributed by atoms with van der Waals surface area (Å²) in [5.41, 5.74) is 6.57. The summed E-state index contributed by atoms with van der Waals surface area (Å²) in [7, 11) is 1.23. The summed E-state index contributed by atoms with van der Waals surface area (Å²) in [5.74, 6) is -0.947. The Morgan fingerprint density at radius 2 is 2.27 bits per heavy atom. The molecule has 1 saturated carbocycles. The first-order valence-electron chi connectivity index (χ1n) is 4.77. The van der Waals surface area contributed by atoms with Crippen LogP contribution >= 0.6 is 0 Å². The van der Waals surface area contributed by atoms with Gasteiger partial charge in [-0.1, -0.05) is 6.07 Å². The van der Waals surface area contributed by atoms with Gasteiger partial charge in [0.1, 0.15) is 5.82 Å². The van der Waals surface area contributed by atoms with Crippen molar-refractivity contribution in [2.75, 3.05) is 7.11 Å². The third kappa shape index (κ3) is 1.85. The van der Waals surface area contributed by atoms with Crippen LogP contribution in [-0.2, 0) is 4.74 Å². The molecule has 1 aromatic carbocycles. The van der Waals surface area contributed by atoms with E-state index in [1.54, 1.807) is 6.07 Å². The molecule has 0 unspecified atom stereocenters. The van der Waals surface area contributed by atoms with Crippen LogP contribution in [0.25, 0.3) is 0 Å². The summed E-state index contributed by atoms with van der Waals surface area (Å²) in [4.78, 5) is 11.2. The maximum Gasteiger partial charge on any atom is 0.340 e. The highest BCUT2D eigenvalue weighted by Crippen LogP contribution is 2.39. The van der Waals surface area contributed by atoms with Gasteiger partial charge >= 0.3 is 5.97 Å². The van der Waals surface area contributed by atoms with Gasteiger partial charge < -0.3 is 10.5 Å². The first-order chi connectivity index (χ1) is 7.13. The Bertz CT molecular complexity index is 406. The van der Waals surface area contributed by atoms with Crippen molar-refractivity contribution in [3.63, 3.8) is 0 Å². The van der Waals surface area contributed by atoms with Gasteiger partial charge in [-0.3, -0.25) is 0 Å². The van der Waals surface area contributed by atoms with Crippen LogP contribution in [0.3, 0.4) is 0 Å². The van der Waals surface area contributed by atoms with E-state index in [0.29, 0.717) is 0 Å². The lowest BCUT2D eigenvalue weighted by atomic mass is 10.1. The largest absolute Gasteiger partial charge is 0.465 e. The third-order valence-corrected chi connectivity index (χ3v) is 2.66. The van der Waals surface area contributed by atoms with Gasteiger partial charge in [0.05, 0.1) is 12.7 Å². The molecule has 1 fully saturated rings. The number of halogens is 1. The van der Waals surface area contributed by atoms with Crippen molar-refractivity contribution in [3.8, 4) is 0 Å². The number of methoxy groups -OCH3 is 1. The summed E-state index contributed by atoms with van der Waals surface area (Å²) < 4.78 is 17.7. The number of carbonyl (C=O) groups is 1. The Kier molecular flexibility index (Phi) is 2.44. The van der Waals surface area contributed by atoms with Crippen molar-refractivity contribution in [2.45, 2.75) is 18.4 Å². The smallest absolute Gasteiger partial charge is 0.340 e. The fourth-order valence-corrected chi connectivity index (χ4v) is 1.64. The molecule has 15 heavy (non-hydrogen) atoms. The molecule has 0 aromatic heterocycles. The predicted octanol–water partition coefficient (Wildman–Crippen LogP) is 1.43. The molecule has 2 rings (SSSR count). The number of benzene rings is 1. The van der Waals surface area contributed by atoms with Crippen LogP contribution in [0.2, 0.25) is 0 Å². The summed E-state index contributed by atoms with van der Waals surface area (Å²) in [6, 6.07) is 4.62. The van der Waals surface area contributed by atoms with Crippen LogP contribution in [0, 0.1) is 5.82 Å². The van der Waals surface area contributed by atoms with E-state index < -0.39 is 11.8 Å². The number of carbonyl (C=O) groups excluding carboxylic acids is 1. The maximum atomic E-state index is 13.3. The van der Waals surface area contributed by atoms with Crippen LogP contribution in [0.4, 0.5) is 4.39 Å². The molecule has 1 aromatic rings. The van der Waals surface area contributed by atoms with Gasteiger partial charge in [-0.25, -0.2) is 9.18 Å². The zero-order chi connectivity index (χ0) is 11.0. The molecule has 2 atom stereocenters. The van der Waals surface area contributed by atoms with E-state index in [9.17, 15) is 9.18 Å². The second-order valence-corrected chi connectivity index (χ2v) is 3.74. The SMILES string of the molecule is COC(=O)c1cc([C@@H]2C[C@H]2N)ccc1F. The molecule has 80 valence electrons. The Balaban J connectivity index is 2.33. The molecule has 4 heteroatoms. The quantitative estimate of drug-likeness (QED) is 0.749. The molecule has 0 saturated heterocycles. The minimum absolute atomic E-state index is 0.0194. The summed E-state index contributed by atoms with van der Waals surface area (Å²) >= 11 is 0. The number of rotatable bonds is 2. The van der Waals surface area contributed by atoms with Gasteiger partial charge in [0.15, 0.2) is 0 Å². The second-order valence-electron chi connectivity index (χ2n) is 3.74. The van der Waals surface area contributed by atoms with Crippen molar-refractivity contribution < 1.29 is 13.9 Å². The van der Waals surface area contributed by atoms with Crippen LogP contribution in [0.5, 0.6) is 0 Å². The van der Waals surface area contributed by atoms with E-state index in [0.717, 1.165) is 12.0 Å². The fourth-order valence-electron chi connectivity index (χ4n) is 1.64. The van der Waals surface area contributed by atoms with Crippen LogP contribution in [-0.4, -0.2) is 19.1 Å².